The van der Waals surface area contributed by atoms with E-state index >= 15 is 0 Å². The Hall–Kier alpha value is -2.96. The number of hydrogen-bond acceptors (Lipinski definition) is 3. The average molecular weight is 388 g/mol. The molecule has 1 aliphatic heterocycles. The lowest BCUT2D eigenvalue weighted by atomic mass is 10.1. The van der Waals surface area contributed by atoms with Crippen molar-refractivity contribution in [3.8, 4) is 5.75 Å². The molecule has 28 heavy (non-hydrogen) atoms. The topological polar surface area (TPSA) is 58.6 Å². The number of carbonyl (C=O) groups excluding carboxylic acids is 2. The molecule has 0 aliphatic carbocycles. The Morgan fingerprint density at radius 2 is 1.93 bits per heavy atom. The Balaban J connectivity index is 1.58. The Bertz CT molecular complexity index is 868. The first-order chi connectivity index (χ1) is 13.3. The Labute approximate surface area is 162 Å². The fourth-order valence-corrected chi connectivity index (χ4v) is 3.27. The van der Waals surface area contributed by atoms with Gasteiger partial charge in [-0.25, -0.2) is 0 Å². The number of anilines is 1. The maximum Gasteiger partial charge on any atom is 0.387 e. The molecule has 1 atom stereocenters. The highest BCUT2D eigenvalue weighted by Crippen LogP contribution is 2.29. The van der Waals surface area contributed by atoms with Crippen LogP contribution in [0.4, 0.5) is 14.5 Å². The summed E-state index contributed by atoms with van der Waals surface area (Å²) in [6.45, 7) is 1.68. The second kappa shape index (κ2) is 8.37. The molecule has 2 aromatic carbocycles. The van der Waals surface area contributed by atoms with Gasteiger partial charge in [-0.2, -0.15) is 8.78 Å². The van der Waals surface area contributed by atoms with Crippen molar-refractivity contribution in [3.63, 3.8) is 0 Å². The van der Waals surface area contributed by atoms with E-state index in [1.54, 1.807) is 17.0 Å². The molecule has 1 heterocycles. The van der Waals surface area contributed by atoms with Gasteiger partial charge in [-0.15, -0.1) is 0 Å². The van der Waals surface area contributed by atoms with Crippen molar-refractivity contribution in [2.45, 2.75) is 33.4 Å². The zero-order valence-corrected chi connectivity index (χ0v) is 15.7. The quantitative estimate of drug-likeness (QED) is 0.823. The molecule has 7 heteroatoms. The number of rotatable bonds is 6. The largest absolute Gasteiger partial charge is 0.435 e. The summed E-state index contributed by atoms with van der Waals surface area (Å²) in [5, 5.41) is 2.81. The third kappa shape index (κ3) is 4.47. The highest BCUT2D eigenvalue weighted by atomic mass is 19.3. The van der Waals surface area contributed by atoms with E-state index in [1.165, 1.54) is 12.1 Å². The minimum absolute atomic E-state index is 0.0654. The van der Waals surface area contributed by atoms with Crippen molar-refractivity contribution < 1.29 is 23.1 Å². The number of halogens is 2. The standard InChI is InChI=1S/C21H22F2N2O3/c1-13-4-3-5-18(14(13)2)25-12-16(10-19(25)26)20(27)24-11-15-6-8-17(9-7-15)28-21(22)23/h3-9,16,21H,10-12H2,1-2H3,(H,24,27)/t16-/m1/s1. The van der Waals surface area contributed by atoms with E-state index in [0.29, 0.717) is 6.54 Å². The average Bonchev–Trinajstić information content (AvgIpc) is 3.04. The van der Waals surface area contributed by atoms with Crippen LogP contribution in [-0.4, -0.2) is 25.0 Å². The molecule has 0 bridgehead atoms. The van der Waals surface area contributed by atoms with Gasteiger partial charge in [0.25, 0.3) is 0 Å². The summed E-state index contributed by atoms with van der Waals surface area (Å²) in [7, 11) is 0. The lowest BCUT2D eigenvalue weighted by Crippen LogP contribution is -2.32. The summed E-state index contributed by atoms with van der Waals surface area (Å²) in [6.07, 6.45) is 0.167. The zero-order chi connectivity index (χ0) is 20.3. The predicted octanol–water partition coefficient (Wildman–Crippen LogP) is 3.57. The molecule has 0 saturated carbocycles. The normalized spacial score (nSPS) is 16.5. The van der Waals surface area contributed by atoms with E-state index < -0.39 is 12.5 Å². The van der Waals surface area contributed by atoms with Gasteiger partial charge in [0.1, 0.15) is 5.75 Å². The third-order valence-corrected chi connectivity index (χ3v) is 4.98. The highest BCUT2D eigenvalue weighted by molar-refractivity contribution is 6.00. The first-order valence-electron chi connectivity index (χ1n) is 9.03. The van der Waals surface area contributed by atoms with E-state index in [0.717, 1.165) is 22.4 Å². The minimum Gasteiger partial charge on any atom is -0.435 e. The number of ether oxygens (including phenoxy) is 1. The van der Waals surface area contributed by atoms with Crippen LogP contribution in [0.1, 0.15) is 23.1 Å². The van der Waals surface area contributed by atoms with Crippen LogP contribution < -0.4 is 15.0 Å². The molecule has 0 unspecified atom stereocenters. The molecule has 0 spiro atoms. The molecule has 5 nitrogen and oxygen atoms in total. The van der Waals surface area contributed by atoms with Crippen LogP contribution in [0, 0.1) is 19.8 Å². The second-order valence-corrected chi connectivity index (χ2v) is 6.86. The number of alkyl halides is 2. The molecular formula is C21H22F2N2O3. The van der Waals surface area contributed by atoms with Crippen LogP contribution in [0.5, 0.6) is 5.75 Å². The van der Waals surface area contributed by atoms with Crippen LogP contribution in [0.25, 0.3) is 0 Å². The fraction of sp³-hybridized carbons (Fsp3) is 0.333. The molecular weight excluding hydrogens is 366 g/mol. The van der Waals surface area contributed by atoms with Crippen LogP contribution >= 0.6 is 0 Å². The van der Waals surface area contributed by atoms with Crippen molar-refractivity contribution in [1.29, 1.82) is 0 Å². The maximum absolute atomic E-state index is 12.5. The van der Waals surface area contributed by atoms with Crippen molar-refractivity contribution in [2.24, 2.45) is 5.92 Å². The van der Waals surface area contributed by atoms with Gasteiger partial charge in [0.05, 0.1) is 5.92 Å². The predicted molar refractivity (Wildman–Crippen MR) is 101 cm³/mol. The minimum atomic E-state index is -2.87. The molecule has 148 valence electrons. The summed E-state index contributed by atoms with van der Waals surface area (Å²) in [5.41, 5.74) is 3.72. The van der Waals surface area contributed by atoms with Gasteiger partial charge in [-0.05, 0) is 48.7 Å². The smallest absolute Gasteiger partial charge is 0.387 e. The molecule has 1 fully saturated rings. The number of aryl methyl sites for hydroxylation is 1. The van der Waals surface area contributed by atoms with Gasteiger partial charge in [0, 0.05) is 25.2 Å². The van der Waals surface area contributed by atoms with Crippen molar-refractivity contribution >= 4 is 17.5 Å². The first-order valence-corrected chi connectivity index (χ1v) is 9.03. The fourth-order valence-electron chi connectivity index (χ4n) is 3.27. The summed E-state index contributed by atoms with van der Waals surface area (Å²) in [4.78, 5) is 26.6. The molecule has 1 aliphatic rings. The number of hydrogen-bond donors (Lipinski definition) is 1. The third-order valence-electron chi connectivity index (χ3n) is 4.98. The van der Waals surface area contributed by atoms with Crippen LogP contribution in [0.15, 0.2) is 42.5 Å². The molecule has 2 aromatic rings. The SMILES string of the molecule is Cc1cccc(N2C[C@H](C(=O)NCc3ccc(OC(F)F)cc3)CC2=O)c1C. The summed E-state index contributed by atoms with van der Waals surface area (Å²) in [5.74, 6) is -0.624. The van der Waals surface area contributed by atoms with Crippen molar-refractivity contribution in [2.75, 3.05) is 11.4 Å². The number of nitrogens with one attached hydrogen (secondary N) is 1. The molecule has 2 amide bonds. The highest BCUT2D eigenvalue weighted by Gasteiger charge is 2.35. The van der Waals surface area contributed by atoms with E-state index in [2.05, 4.69) is 10.1 Å². The lowest BCUT2D eigenvalue weighted by molar-refractivity contribution is -0.126. The molecule has 0 radical (unpaired) electrons. The van der Waals surface area contributed by atoms with Gasteiger partial charge in [0.2, 0.25) is 11.8 Å². The molecule has 0 aromatic heterocycles. The number of carbonyl (C=O) groups is 2. The van der Waals surface area contributed by atoms with E-state index in [4.69, 9.17) is 0 Å². The van der Waals surface area contributed by atoms with Gasteiger partial charge >= 0.3 is 6.61 Å². The second-order valence-electron chi connectivity index (χ2n) is 6.86. The summed E-state index contributed by atoms with van der Waals surface area (Å²) in [6, 6.07) is 11.9. The van der Waals surface area contributed by atoms with E-state index in [9.17, 15) is 18.4 Å². The van der Waals surface area contributed by atoms with Crippen molar-refractivity contribution in [1.82, 2.24) is 5.32 Å². The summed E-state index contributed by atoms with van der Waals surface area (Å²) >= 11 is 0. The monoisotopic (exact) mass is 388 g/mol. The number of nitrogens with zero attached hydrogens (tertiary/aromatic N) is 1. The Morgan fingerprint density at radius 1 is 1.21 bits per heavy atom. The molecule has 1 N–H and O–H groups in total. The zero-order valence-electron chi connectivity index (χ0n) is 15.7. The Kier molecular flexibility index (Phi) is 5.92. The maximum atomic E-state index is 12.5. The Morgan fingerprint density at radius 3 is 2.61 bits per heavy atom. The summed E-state index contributed by atoms with van der Waals surface area (Å²) < 4.78 is 28.6. The van der Waals surface area contributed by atoms with E-state index in [-0.39, 0.29) is 30.5 Å². The van der Waals surface area contributed by atoms with Crippen LogP contribution in [0.2, 0.25) is 0 Å². The van der Waals surface area contributed by atoms with Crippen LogP contribution in [-0.2, 0) is 16.1 Å². The van der Waals surface area contributed by atoms with Crippen molar-refractivity contribution in [3.05, 3.63) is 59.2 Å². The number of amides is 2. The van der Waals surface area contributed by atoms with Gasteiger partial charge in [-0.3, -0.25) is 9.59 Å². The van der Waals surface area contributed by atoms with Gasteiger partial charge in [-0.1, -0.05) is 24.3 Å². The molecule has 3 rings (SSSR count). The van der Waals surface area contributed by atoms with Crippen LogP contribution in [0.3, 0.4) is 0 Å². The first kappa shape index (κ1) is 19.8. The van der Waals surface area contributed by atoms with Gasteiger partial charge in [0.15, 0.2) is 0 Å². The number of benzene rings is 2. The van der Waals surface area contributed by atoms with E-state index in [1.807, 2.05) is 32.0 Å². The lowest BCUT2D eigenvalue weighted by Gasteiger charge is -2.20. The molecule has 1 saturated heterocycles. The van der Waals surface area contributed by atoms with Gasteiger partial charge < -0.3 is 15.0 Å².